The van der Waals surface area contributed by atoms with Crippen LogP contribution in [0.15, 0.2) is 35.2 Å². The Hall–Kier alpha value is -2.22. The first kappa shape index (κ1) is 22.5. The molecule has 1 saturated heterocycles. The molecule has 1 aliphatic heterocycles. The number of carbonyl (C=O) groups is 1. The molecule has 0 aliphatic carbocycles. The molecule has 6 nitrogen and oxygen atoms in total. The van der Waals surface area contributed by atoms with Crippen LogP contribution in [0.25, 0.3) is 0 Å². The molecule has 3 rings (SSSR count). The summed E-state index contributed by atoms with van der Waals surface area (Å²) in [7, 11) is -3.55. The van der Waals surface area contributed by atoms with Crippen molar-refractivity contribution in [1.82, 2.24) is 4.31 Å². The van der Waals surface area contributed by atoms with Crippen molar-refractivity contribution in [3.63, 3.8) is 0 Å². The number of carbonyl (C=O) groups excluding carboxylic acids is 1. The monoisotopic (exact) mass is 430 g/mol. The second-order valence-electron chi connectivity index (χ2n) is 8.28. The van der Waals surface area contributed by atoms with Gasteiger partial charge in [-0.1, -0.05) is 24.3 Å². The maximum atomic E-state index is 13.4. The Morgan fingerprint density at radius 2 is 1.53 bits per heavy atom. The zero-order valence-corrected chi connectivity index (χ0v) is 19.3. The van der Waals surface area contributed by atoms with Gasteiger partial charge < -0.3 is 10.2 Å². The number of sulfonamides is 1. The van der Waals surface area contributed by atoms with Crippen molar-refractivity contribution in [3.05, 3.63) is 58.1 Å². The summed E-state index contributed by atoms with van der Waals surface area (Å²) in [6.45, 7) is 12.0. The lowest BCUT2D eigenvalue weighted by molar-refractivity contribution is -0.895. The highest BCUT2D eigenvalue weighted by Gasteiger charge is 2.33. The van der Waals surface area contributed by atoms with Crippen LogP contribution in [-0.4, -0.2) is 51.4 Å². The number of nitrogens with zero attached hydrogens (tertiary/aromatic N) is 1. The summed E-state index contributed by atoms with van der Waals surface area (Å²) in [5.74, 6) is -0.0448. The Balaban J connectivity index is 1.66. The van der Waals surface area contributed by atoms with Crippen LogP contribution in [0.1, 0.15) is 27.8 Å². The van der Waals surface area contributed by atoms with E-state index in [2.05, 4.69) is 5.32 Å². The summed E-state index contributed by atoms with van der Waals surface area (Å²) in [6.07, 6.45) is 0. The molecule has 1 fully saturated rings. The normalized spacial score (nSPS) is 15.9. The van der Waals surface area contributed by atoms with Crippen LogP contribution in [0.5, 0.6) is 0 Å². The van der Waals surface area contributed by atoms with Gasteiger partial charge in [0.15, 0.2) is 6.54 Å². The fourth-order valence-corrected chi connectivity index (χ4v) is 6.07. The van der Waals surface area contributed by atoms with Crippen LogP contribution in [0, 0.1) is 34.6 Å². The van der Waals surface area contributed by atoms with E-state index in [9.17, 15) is 13.2 Å². The highest BCUT2D eigenvalue weighted by Crippen LogP contribution is 2.28. The zero-order valence-electron chi connectivity index (χ0n) is 18.5. The number of hydrogen-bond acceptors (Lipinski definition) is 3. The summed E-state index contributed by atoms with van der Waals surface area (Å²) >= 11 is 0. The number of hydrogen-bond donors (Lipinski definition) is 2. The predicted octanol–water partition coefficient (Wildman–Crippen LogP) is 1.76. The van der Waals surface area contributed by atoms with Crippen LogP contribution in [0.2, 0.25) is 0 Å². The second kappa shape index (κ2) is 8.88. The van der Waals surface area contributed by atoms with Crippen molar-refractivity contribution in [2.24, 2.45) is 0 Å². The molecule has 0 atom stereocenters. The van der Waals surface area contributed by atoms with Crippen molar-refractivity contribution in [3.8, 4) is 0 Å². The number of para-hydroxylation sites is 1. The van der Waals surface area contributed by atoms with Gasteiger partial charge in [-0.15, -0.1) is 0 Å². The number of anilines is 1. The third kappa shape index (κ3) is 4.58. The van der Waals surface area contributed by atoms with Gasteiger partial charge in [-0.25, -0.2) is 8.42 Å². The van der Waals surface area contributed by atoms with Gasteiger partial charge >= 0.3 is 0 Å². The lowest BCUT2D eigenvalue weighted by Crippen LogP contribution is -3.15. The first-order chi connectivity index (χ1) is 14.1. The molecule has 0 radical (unpaired) electrons. The Morgan fingerprint density at radius 1 is 0.967 bits per heavy atom. The maximum Gasteiger partial charge on any atom is 0.279 e. The van der Waals surface area contributed by atoms with Crippen LogP contribution in [-0.2, 0) is 14.8 Å². The number of benzene rings is 2. The van der Waals surface area contributed by atoms with Crippen molar-refractivity contribution < 1.29 is 18.1 Å². The van der Waals surface area contributed by atoms with Crippen LogP contribution in [0.3, 0.4) is 0 Å². The van der Waals surface area contributed by atoms with Gasteiger partial charge in [0.1, 0.15) is 0 Å². The van der Waals surface area contributed by atoms with Crippen molar-refractivity contribution >= 4 is 21.6 Å². The molecular formula is C23H32N3O3S+. The smallest absolute Gasteiger partial charge is 0.279 e. The molecule has 1 heterocycles. The molecular weight excluding hydrogens is 398 g/mol. The largest absolute Gasteiger partial charge is 0.325 e. The summed E-state index contributed by atoms with van der Waals surface area (Å²) < 4.78 is 28.3. The van der Waals surface area contributed by atoms with Crippen molar-refractivity contribution in [2.75, 3.05) is 38.0 Å². The minimum absolute atomic E-state index is 0.0448. The number of quaternary nitrogens is 1. The molecule has 2 aromatic rings. The Bertz CT molecular complexity index is 1030. The van der Waals surface area contributed by atoms with Crippen LogP contribution >= 0.6 is 0 Å². The SMILES string of the molecule is Cc1ccccc1NC(=O)C[NH+]1CCN(S(=O)(=O)c2c(C)c(C)cc(C)c2C)CC1. The van der Waals surface area contributed by atoms with E-state index >= 15 is 0 Å². The zero-order chi connectivity index (χ0) is 22.1. The summed E-state index contributed by atoms with van der Waals surface area (Å²) in [4.78, 5) is 14.0. The fraction of sp³-hybridized carbons (Fsp3) is 0.435. The highest BCUT2D eigenvalue weighted by atomic mass is 32.2. The summed E-state index contributed by atoms with van der Waals surface area (Å²) in [5, 5.41) is 2.96. The Labute approximate surface area is 179 Å². The molecule has 30 heavy (non-hydrogen) atoms. The van der Waals surface area contributed by atoms with Gasteiger partial charge in [0.2, 0.25) is 10.0 Å². The molecule has 0 saturated carbocycles. The summed E-state index contributed by atoms with van der Waals surface area (Å²) in [6, 6.07) is 9.73. The topological polar surface area (TPSA) is 70.9 Å². The quantitative estimate of drug-likeness (QED) is 0.759. The van der Waals surface area contributed by atoms with E-state index in [4.69, 9.17) is 0 Å². The average molecular weight is 431 g/mol. The Morgan fingerprint density at radius 3 is 2.10 bits per heavy atom. The molecule has 162 valence electrons. The molecule has 0 spiro atoms. The van der Waals surface area contributed by atoms with Crippen molar-refractivity contribution in [2.45, 2.75) is 39.5 Å². The van der Waals surface area contributed by atoms with Crippen LogP contribution < -0.4 is 10.2 Å². The molecule has 7 heteroatoms. The molecule has 0 unspecified atom stereocenters. The van der Waals surface area contributed by atoms with Gasteiger partial charge in [-0.2, -0.15) is 4.31 Å². The number of aryl methyl sites for hydroxylation is 3. The van der Waals surface area contributed by atoms with Gasteiger partial charge in [0, 0.05) is 5.69 Å². The predicted molar refractivity (Wildman–Crippen MR) is 120 cm³/mol. The molecule has 0 aromatic heterocycles. The van der Waals surface area contributed by atoms with Crippen LogP contribution in [0.4, 0.5) is 5.69 Å². The Kier molecular flexibility index (Phi) is 6.65. The fourth-order valence-electron chi connectivity index (χ4n) is 4.05. The number of piperazine rings is 1. The van der Waals surface area contributed by atoms with E-state index < -0.39 is 10.0 Å². The first-order valence-electron chi connectivity index (χ1n) is 10.4. The lowest BCUT2D eigenvalue weighted by Gasteiger charge is -2.32. The maximum absolute atomic E-state index is 13.4. The van der Waals surface area contributed by atoms with E-state index in [0.29, 0.717) is 37.6 Å². The highest BCUT2D eigenvalue weighted by molar-refractivity contribution is 7.89. The van der Waals surface area contributed by atoms with Gasteiger partial charge in [0.05, 0.1) is 31.1 Å². The van der Waals surface area contributed by atoms with Gasteiger partial charge in [-0.3, -0.25) is 4.79 Å². The van der Waals surface area contributed by atoms with E-state index in [1.54, 1.807) is 4.31 Å². The lowest BCUT2D eigenvalue weighted by atomic mass is 10.0. The third-order valence-electron chi connectivity index (χ3n) is 6.15. The molecule has 1 amide bonds. The van der Waals surface area contributed by atoms with Gasteiger partial charge in [0.25, 0.3) is 5.91 Å². The second-order valence-corrected chi connectivity index (χ2v) is 10.2. The first-order valence-corrected chi connectivity index (χ1v) is 11.8. The molecule has 1 aliphatic rings. The van der Waals surface area contributed by atoms with Gasteiger partial charge in [-0.05, 0) is 68.5 Å². The third-order valence-corrected chi connectivity index (χ3v) is 8.33. The standard InChI is InChI=1S/C23H31N3O3S/c1-16-8-6-7-9-21(16)24-22(27)15-25-10-12-26(13-11-25)30(28,29)23-19(4)17(2)14-18(3)20(23)5/h6-9,14H,10-13,15H2,1-5H3,(H,24,27)/p+1. The number of nitrogens with one attached hydrogen (secondary N) is 2. The molecule has 0 bridgehead atoms. The number of amides is 1. The number of rotatable bonds is 5. The van der Waals surface area contributed by atoms with Crippen molar-refractivity contribution in [1.29, 1.82) is 0 Å². The minimum atomic E-state index is -3.55. The van der Waals surface area contributed by atoms with E-state index in [-0.39, 0.29) is 5.91 Å². The molecule has 2 aromatic carbocycles. The van der Waals surface area contributed by atoms with E-state index in [1.807, 2.05) is 65.0 Å². The summed E-state index contributed by atoms with van der Waals surface area (Å²) in [5.41, 5.74) is 5.48. The average Bonchev–Trinajstić information content (AvgIpc) is 2.68. The molecule has 2 N–H and O–H groups in total. The van der Waals surface area contributed by atoms with E-state index in [0.717, 1.165) is 38.4 Å². The minimum Gasteiger partial charge on any atom is -0.325 e. The van der Waals surface area contributed by atoms with E-state index in [1.165, 1.54) is 0 Å².